The van der Waals surface area contributed by atoms with Crippen LogP contribution in [0.3, 0.4) is 0 Å². The number of ether oxygens (including phenoxy) is 1. The van der Waals surface area contributed by atoms with E-state index in [2.05, 4.69) is 22.6 Å². The molecule has 1 aromatic carbocycles. The minimum atomic E-state index is -0.603. The highest BCUT2D eigenvalue weighted by molar-refractivity contribution is 14.1. The molecule has 0 bridgehead atoms. The van der Waals surface area contributed by atoms with E-state index in [4.69, 9.17) is 4.74 Å². The third-order valence-corrected chi connectivity index (χ3v) is 5.13. The van der Waals surface area contributed by atoms with Crippen molar-refractivity contribution in [3.05, 3.63) is 39.5 Å². The molecule has 1 heterocycles. The Balaban J connectivity index is 2.62. The first kappa shape index (κ1) is 19.9. The van der Waals surface area contributed by atoms with Gasteiger partial charge in [-0.1, -0.05) is 51.1 Å². The lowest BCUT2D eigenvalue weighted by Crippen LogP contribution is -2.51. The Labute approximate surface area is 163 Å². The van der Waals surface area contributed by atoms with Gasteiger partial charge in [-0.15, -0.1) is 0 Å². The summed E-state index contributed by atoms with van der Waals surface area (Å²) < 4.78 is 6.25. The van der Waals surface area contributed by atoms with Gasteiger partial charge >= 0.3 is 6.09 Å². The summed E-state index contributed by atoms with van der Waals surface area (Å²) in [4.78, 5) is 27.4. The van der Waals surface area contributed by atoms with E-state index in [1.807, 2.05) is 71.9 Å². The molecule has 0 radical (unpaired) electrons. The van der Waals surface area contributed by atoms with Gasteiger partial charge in [0.15, 0.2) is 5.78 Å². The van der Waals surface area contributed by atoms with E-state index in [9.17, 15) is 9.59 Å². The Bertz CT molecular complexity index is 696. The maximum atomic E-state index is 13.1. The normalized spacial score (nSPS) is 19.2. The number of rotatable bonds is 1. The van der Waals surface area contributed by atoms with Crippen LogP contribution in [-0.2, 0) is 9.53 Å². The second-order valence-corrected chi connectivity index (χ2v) is 9.47. The summed E-state index contributed by atoms with van der Waals surface area (Å²) in [5.41, 5.74) is 0.629. The predicted octanol–water partition coefficient (Wildman–Crippen LogP) is 5.41. The van der Waals surface area contributed by atoms with E-state index < -0.39 is 11.7 Å². The molecule has 2 rings (SSSR count). The molecule has 1 amide bonds. The first-order valence-electron chi connectivity index (χ1n) is 8.42. The van der Waals surface area contributed by atoms with Crippen molar-refractivity contribution in [2.75, 3.05) is 0 Å². The number of hydrogen-bond acceptors (Lipinski definition) is 3. The van der Waals surface area contributed by atoms with Crippen molar-refractivity contribution in [1.82, 2.24) is 4.90 Å². The maximum Gasteiger partial charge on any atom is 0.415 e. The zero-order valence-corrected chi connectivity index (χ0v) is 17.9. The van der Waals surface area contributed by atoms with Crippen LogP contribution in [0.2, 0.25) is 0 Å². The molecule has 4 nitrogen and oxygen atoms in total. The summed E-state index contributed by atoms with van der Waals surface area (Å²) in [7, 11) is 0. The predicted molar refractivity (Wildman–Crippen MR) is 108 cm³/mol. The van der Waals surface area contributed by atoms with Gasteiger partial charge in [0.05, 0.1) is 15.3 Å². The summed E-state index contributed by atoms with van der Waals surface area (Å²) in [5, 5.41) is 0. The van der Waals surface area contributed by atoms with Crippen LogP contribution in [-0.4, -0.2) is 28.4 Å². The summed E-state index contributed by atoms with van der Waals surface area (Å²) >= 11 is 2.05. The number of halogens is 1. The Morgan fingerprint density at radius 3 is 2.16 bits per heavy atom. The van der Waals surface area contributed by atoms with E-state index in [1.54, 1.807) is 4.90 Å². The third kappa shape index (κ3) is 4.63. The molecule has 0 aromatic heterocycles. The Kier molecular flexibility index (Phi) is 5.66. The monoisotopic (exact) mass is 455 g/mol. The fourth-order valence-electron chi connectivity index (χ4n) is 2.84. The Morgan fingerprint density at radius 2 is 1.68 bits per heavy atom. The fourth-order valence-corrected chi connectivity index (χ4v) is 3.63. The molecule has 136 valence electrons. The average Bonchev–Trinajstić information content (AvgIpc) is 2.47. The van der Waals surface area contributed by atoms with Crippen LogP contribution in [0, 0.1) is 5.41 Å². The highest BCUT2D eigenvalue weighted by atomic mass is 127. The number of carbonyl (C=O) groups excluding carboxylic acids is 2. The summed E-state index contributed by atoms with van der Waals surface area (Å²) in [6.07, 6.45) is -0.106. The third-order valence-electron chi connectivity index (χ3n) is 4.02. The largest absolute Gasteiger partial charge is 0.443 e. The van der Waals surface area contributed by atoms with E-state index >= 15 is 0 Å². The van der Waals surface area contributed by atoms with Gasteiger partial charge in [-0.05, 0) is 54.3 Å². The van der Waals surface area contributed by atoms with Crippen LogP contribution < -0.4 is 0 Å². The minimum Gasteiger partial charge on any atom is -0.443 e. The van der Waals surface area contributed by atoms with Crippen LogP contribution in [0.1, 0.15) is 53.5 Å². The molecule has 0 fully saturated rings. The number of allylic oxidation sites excluding steroid dienone is 1. The van der Waals surface area contributed by atoms with Gasteiger partial charge in [0.2, 0.25) is 0 Å². The Hall–Kier alpha value is -1.37. The van der Waals surface area contributed by atoms with Crippen molar-refractivity contribution >= 4 is 40.2 Å². The van der Waals surface area contributed by atoms with E-state index in [0.29, 0.717) is 15.7 Å². The molecule has 1 aromatic rings. The van der Waals surface area contributed by atoms with E-state index in [-0.39, 0.29) is 17.2 Å². The first-order chi connectivity index (χ1) is 11.4. The maximum absolute atomic E-state index is 13.1. The average molecular weight is 455 g/mol. The number of amides is 1. The van der Waals surface area contributed by atoms with Gasteiger partial charge in [0.1, 0.15) is 5.60 Å². The summed E-state index contributed by atoms with van der Waals surface area (Å²) in [5.74, 6) is 0.0687. The van der Waals surface area contributed by atoms with Crippen molar-refractivity contribution in [2.45, 2.75) is 59.6 Å². The van der Waals surface area contributed by atoms with E-state index in [0.717, 1.165) is 5.56 Å². The number of hydrogen-bond donors (Lipinski definition) is 0. The van der Waals surface area contributed by atoms with Crippen LogP contribution in [0.4, 0.5) is 4.79 Å². The van der Waals surface area contributed by atoms with Gasteiger partial charge in [0.25, 0.3) is 0 Å². The van der Waals surface area contributed by atoms with Gasteiger partial charge in [-0.3, -0.25) is 9.69 Å². The van der Waals surface area contributed by atoms with Crippen LogP contribution in [0.15, 0.2) is 33.9 Å². The molecular formula is C20H26INO3. The van der Waals surface area contributed by atoms with Gasteiger partial charge in [-0.2, -0.15) is 0 Å². The summed E-state index contributed by atoms with van der Waals surface area (Å²) in [6, 6.07) is 9.31. The number of benzene rings is 1. The molecule has 0 saturated carbocycles. The number of ketones is 1. The van der Waals surface area contributed by atoms with Gasteiger partial charge in [-0.25, -0.2) is 4.79 Å². The van der Waals surface area contributed by atoms with Crippen LogP contribution in [0.5, 0.6) is 0 Å². The number of Topliss-reactive ketones (excluding diaryl/α,β-unsaturated/α-hetero) is 1. The van der Waals surface area contributed by atoms with Gasteiger partial charge in [0, 0.05) is 6.42 Å². The number of nitrogens with zero attached hydrogens (tertiary/aromatic N) is 1. The zero-order chi connectivity index (χ0) is 19.0. The SMILES string of the molecule is CC(C)(C)OC(=O)N1C(c2ccccc2)=C(I)C(=O)C[C@@H]1C(C)(C)C. The molecular weight excluding hydrogens is 429 g/mol. The second kappa shape index (κ2) is 7.09. The molecule has 5 heteroatoms. The highest BCUT2D eigenvalue weighted by Crippen LogP contribution is 2.42. The van der Waals surface area contributed by atoms with Gasteiger partial charge < -0.3 is 4.74 Å². The highest BCUT2D eigenvalue weighted by Gasteiger charge is 2.44. The standard InChI is InChI=1S/C20H26INO3/c1-19(2,3)15-12-14(23)16(21)17(13-10-8-7-9-11-13)22(15)18(24)25-20(4,5)6/h7-11,15H,12H2,1-6H3/t15-/m1/s1. The lowest BCUT2D eigenvalue weighted by atomic mass is 9.80. The van der Waals surface area contributed by atoms with Crippen molar-refractivity contribution in [1.29, 1.82) is 0 Å². The second-order valence-electron chi connectivity index (χ2n) is 8.39. The number of carbonyl (C=O) groups is 2. The molecule has 0 aliphatic carbocycles. The minimum absolute atomic E-state index is 0.0687. The molecule has 0 unspecified atom stereocenters. The fraction of sp³-hybridized carbons (Fsp3) is 0.500. The molecule has 0 N–H and O–H groups in total. The van der Waals surface area contributed by atoms with Crippen LogP contribution in [0.25, 0.3) is 5.70 Å². The quantitative estimate of drug-likeness (QED) is 0.532. The zero-order valence-electron chi connectivity index (χ0n) is 15.7. The molecule has 25 heavy (non-hydrogen) atoms. The van der Waals surface area contributed by atoms with Crippen molar-refractivity contribution in [3.63, 3.8) is 0 Å². The topological polar surface area (TPSA) is 46.6 Å². The molecule has 1 aliphatic rings. The smallest absolute Gasteiger partial charge is 0.415 e. The Morgan fingerprint density at radius 1 is 1.12 bits per heavy atom. The van der Waals surface area contributed by atoms with Crippen molar-refractivity contribution in [2.24, 2.45) is 5.41 Å². The van der Waals surface area contributed by atoms with Crippen LogP contribution >= 0.6 is 22.6 Å². The van der Waals surface area contributed by atoms with Crippen molar-refractivity contribution in [3.8, 4) is 0 Å². The molecule has 1 atom stereocenters. The van der Waals surface area contributed by atoms with E-state index in [1.165, 1.54) is 0 Å². The molecule has 0 spiro atoms. The first-order valence-corrected chi connectivity index (χ1v) is 9.50. The lowest BCUT2D eigenvalue weighted by molar-refractivity contribution is -0.117. The lowest BCUT2D eigenvalue weighted by Gasteiger charge is -2.44. The molecule has 0 saturated heterocycles. The van der Waals surface area contributed by atoms with Crippen molar-refractivity contribution < 1.29 is 14.3 Å². The molecule has 1 aliphatic heterocycles. The summed E-state index contributed by atoms with van der Waals surface area (Å²) in [6.45, 7) is 11.7.